The molecule has 1 fully saturated rings. The summed E-state index contributed by atoms with van der Waals surface area (Å²) in [5.41, 5.74) is -1.21. The number of ketones is 1. The van der Waals surface area contributed by atoms with Gasteiger partial charge in [0.15, 0.2) is 5.78 Å². The van der Waals surface area contributed by atoms with Crippen molar-refractivity contribution >= 4 is 5.78 Å². The molecule has 0 radical (unpaired) electrons. The molecule has 1 aliphatic heterocycles. The van der Waals surface area contributed by atoms with Gasteiger partial charge in [-0.15, -0.1) is 0 Å². The van der Waals surface area contributed by atoms with Gasteiger partial charge in [0.1, 0.15) is 5.41 Å². The number of benzene rings is 1. The smallest absolute Gasteiger partial charge is 0.315 e. The zero-order chi connectivity index (χ0) is 15.7. The number of nitrogens with one attached hydrogen (secondary N) is 1. The van der Waals surface area contributed by atoms with E-state index < -0.39 is 17.4 Å². The maximum Gasteiger partial charge on any atom is 0.402 e. The van der Waals surface area contributed by atoms with Gasteiger partial charge in [-0.05, 0) is 36.9 Å². The highest BCUT2D eigenvalue weighted by atomic mass is 19.4. The average Bonchev–Trinajstić information content (AvgIpc) is 2.87. The van der Waals surface area contributed by atoms with E-state index in [-0.39, 0.29) is 25.1 Å². The van der Waals surface area contributed by atoms with Crippen LogP contribution in [0.3, 0.4) is 0 Å². The van der Waals surface area contributed by atoms with Gasteiger partial charge in [-0.2, -0.15) is 13.2 Å². The SMILES string of the molecule is CC(C)Cc1cccc(C(=O)C2(C(F)(F)F)CCNC2)c1. The second-order valence-electron chi connectivity index (χ2n) is 6.13. The van der Waals surface area contributed by atoms with Crippen molar-refractivity contribution in [2.45, 2.75) is 32.9 Å². The van der Waals surface area contributed by atoms with Gasteiger partial charge in [-0.25, -0.2) is 0 Å². The first kappa shape index (κ1) is 16.0. The Hall–Kier alpha value is -1.36. The molecule has 1 heterocycles. The number of rotatable bonds is 4. The van der Waals surface area contributed by atoms with Gasteiger partial charge >= 0.3 is 6.18 Å². The van der Waals surface area contributed by atoms with Crippen LogP contribution in [0.25, 0.3) is 0 Å². The molecule has 1 aromatic carbocycles. The third-order valence-corrected chi connectivity index (χ3v) is 3.97. The fourth-order valence-corrected chi connectivity index (χ4v) is 2.84. The minimum Gasteiger partial charge on any atom is -0.315 e. The Kier molecular flexibility index (Phi) is 4.42. The van der Waals surface area contributed by atoms with Gasteiger partial charge in [-0.1, -0.05) is 32.0 Å². The third-order valence-electron chi connectivity index (χ3n) is 3.97. The minimum atomic E-state index is -4.53. The lowest BCUT2D eigenvalue weighted by molar-refractivity contribution is -0.197. The van der Waals surface area contributed by atoms with Gasteiger partial charge in [0.2, 0.25) is 0 Å². The van der Waals surface area contributed by atoms with Gasteiger partial charge in [0.05, 0.1) is 0 Å². The first-order valence-electron chi connectivity index (χ1n) is 7.17. The Morgan fingerprint density at radius 1 is 1.38 bits per heavy atom. The lowest BCUT2D eigenvalue weighted by Gasteiger charge is -2.29. The molecule has 0 spiro atoms. The van der Waals surface area contributed by atoms with Crippen LogP contribution in [-0.2, 0) is 6.42 Å². The highest BCUT2D eigenvalue weighted by Gasteiger charge is 2.61. The van der Waals surface area contributed by atoms with E-state index in [1.807, 2.05) is 19.9 Å². The molecule has 0 amide bonds. The van der Waals surface area contributed by atoms with Crippen molar-refractivity contribution in [1.82, 2.24) is 5.32 Å². The van der Waals surface area contributed by atoms with Crippen LogP contribution in [0.15, 0.2) is 24.3 Å². The van der Waals surface area contributed by atoms with Gasteiger partial charge in [0, 0.05) is 12.1 Å². The number of alkyl halides is 3. The summed E-state index contributed by atoms with van der Waals surface area (Å²) in [4.78, 5) is 12.5. The average molecular weight is 299 g/mol. The lowest BCUT2D eigenvalue weighted by atomic mass is 9.78. The molecule has 0 aliphatic carbocycles. The topological polar surface area (TPSA) is 29.1 Å². The van der Waals surface area contributed by atoms with E-state index >= 15 is 0 Å². The van der Waals surface area contributed by atoms with Crippen LogP contribution in [0.5, 0.6) is 0 Å². The predicted octanol–water partition coefficient (Wildman–Crippen LogP) is 3.61. The largest absolute Gasteiger partial charge is 0.402 e. The Labute approximate surface area is 122 Å². The van der Waals surface area contributed by atoms with Crippen LogP contribution < -0.4 is 5.32 Å². The van der Waals surface area contributed by atoms with E-state index in [1.54, 1.807) is 12.1 Å². The molecule has 0 saturated carbocycles. The van der Waals surface area contributed by atoms with E-state index in [2.05, 4.69) is 5.32 Å². The van der Waals surface area contributed by atoms with Crippen LogP contribution in [-0.4, -0.2) is 25.0 Å². The maximum absolute atomic E-state index is 13.4. The van der Waals surface area contributed by atoms with Crippen LogP contribution >= 0.6 is 0 Å². The van der Waals surface area contributed by atoms with Crippen LogP contribution in [0.2, 0.25) is 0 Å². The molecule has 2 nitrogen and oxygen atoms in total. The van der Waals surface area contributed by atoms with E-state index in [1.165, 1.54) is 6.07 Å². The van der Waals surface area contributed by atoms with Crippen molar-refractivity contribution in [3.63, 3.8) is 0 Å². The van der Waals surface area contributed by atoms with Gasteiger partial charge in [0.25, 0.3) is 0 Å². The molecule has 1 atom stereocenters. The third kappa shape index (κ3) is 3.12. The molecule has 0 bridgehead atoms. The second kappa shape index (κ2) is 5.79. The molecule has 0 aromatic heterocycles. The Morgan fingerprint density at radius 2 is 2.10 bits per heavy atom. The van der Waals surface area contributed by atoms with Crippen molar-refractivity contribution in [2.24, 2.45) is 11.3 Å². The summed E-state index contributed by atoms with van der Waals surface area (Å²) in [5, 5.41) is 2.68. The molecule has 1 N–H and O–H groups in total. The van der Waals surface area contributed by atoms with E-state index in [4.69, 9.17) is 0 Å². The molecule has 1 aromatic rings. The second-order valence-corrected chi connectivity index (χ2v) is 6.13. The number of hydrogen-bond donors (Lipinski definition) is 1. The fraction of sp³-hybridized carbons (Fsp3) is 0.562. The van der Waals surface area contributed by atoms with Crippen LogP contribution in [0.4, 0.5) is 13.2 Å². The quantitative estimate of drug-likeness (QED) is 0.861. The van der Waals surface area contributed by atoms with Crippen LogP contribution in [0, 0.1) is 11.3 Å². The summed E-state index contributed by atoms with van der Waals surface area (Å²) >= 11 is 0. The first-order valence-corrected chi connectivity index (χ1v) is 7.17. The highest BCUT2D eigenvalue weighted by molar-refractivity contribution is 6.01. The molecule has 1 unspecified atom stereocenters. The minimum absolute atomic E-state index is 0.161. The molecule has 1 saturated heterocycles. The zero-order valence-corrected chi connectivity index (χ0v) is 12.3. The maximum atomic E-state index is 13.4. The summed E-state index contributed by atoms with van der Waals surface area (Å²) in [6.45, 7) is 3.96. The van der Waals surface area contributed by atoms with Crippen molar-refractivity contribution in [3.8, 4) is 0 Å². The Balaban J connectivity index is 2.34. The van der Waals surface area contributed by atoms with Gasteiger partial charge in [-0.3, -0.25) is 4.79 Å². The van der Waals surface area contributed by atoms with Gasteiger partial charge < -0.3 is 5.32 Å². The number of carbonyl (C=O) groups is 1. The molecule has 2 rings (SSSR count). The summed E-state index contributed by atoms with van der Waals surface area (Å²) in [5.74, 6) is -0.425. The molecule has 116 valence electrons. The lowest BCUT2D eigenvalue weighted by Crippen LogP contribution is -2.46. The molecule has 1 aliphatic rings. The Morgan fingerprint density at radius 3 is 2.62 bits per heavy atom. The summed E-state index contributed by atoms with van der Waals surface area (Å²) in [6, 6.07) is 6.60. The molecule has 21 heavy (non-hydrogen) atoms. The normalized spacial score (nSPS) is 22.8. The van der Waals surface area contributed by atoms with E-state index in [0.717, 1.165) is 12.0 Å². The standard InChI is InChI=1S/C16H20F3NO/c1-11(2)8-12-4-3-5-13(9-12)14(21)15(16(17,18)19)6-7-20-10-15/h3-5,9,11,20H,6-8,10H2,1-2H3. The number of halogens is 3. The summed E-state index contributed by atoms with van der Waals surface area (Å²) < 4.78 is 40.2. The summed E-state index contributed by atoms with van der Waals surface area (Å²) in [7, 11) is 0. The molecule has 5 heteroatoms. The first-order chi connectivity index (χ1) is 9.76. The monoisotopic (exact) mass is 299 g/mol. The summed E-state index contributed by atoms with van der Waals surface area (Å²) in [6.07, 6.45) is -3.97. The van der Waals surface area contributed by atoms with Crippen molar-refractivity contribution in [2.75, 3.05) is 13.1 Å². The van der Waals surface area contributed by atoms with E-state index in [0.29, 0.717) is 5.92 Å². The Bertz CT molecular complexity index is 516. The van der Waals surface area contributed by atoms with Crippen molar-refractivity contribution in [1.29, 1.82) is 0 Å². The van der Waals surface area contributed by atoms with Crippen molar-refractivity contribution < 1.29 is 18.0 Å². The fourth-order valence-electron chi connectivity index (χ4n) is 2.84. The van der Waals surface area contributed by atoms with Crippen LogP contribution in [0.1, 0.15) is 36.2 Å². The molecular formula is C16H20F3NO. The number of carbonyl (C=O) groups excluding carboxylic acids is 1. The van der Waals surface area contributed by atoms with E-state index in [9.17, 15) is 18.0 Å². The van der Waals surface area contributed by atoms with Crippen molar-refractivity contribution in [3.05, 3.63) is 35.4 Å². The number of Topliss-reactive ketones (excluding diaryl/α,β-unsaturated/α-hetero) is 1. The zero-order valence-electron chi connectivity index (χ0n) is 12.3. The number of hydrogen-bond acceptors (Lipinski definition) is 2. The predicted molar refractivity (Wildman–Crippen MR) is 75.3 cm³/mol. The molecular weight excluding hydrogens is 279 g/mol. The highest BCUT2D eigenvalue weighted by Crippen LogP contribution is 2.45.